The van der Waals surface area contributed by atoms with Crippen LogP contribution in [-0.4, -0.2) is 30.1 Å². The largest absolute Gasteiger partial charge is 0.456 e. The number of esters is 1. The number of hydrogen-bond donors (Lipinski definition) is 0. The molecule has 0 saturated carbocycles. The van der Waals surface area contributed by atoms with E-state index in [1.165, 1.54) is 24.8 Å². The standard InChI is InChI=1S/C16H14FN3O3/c17-12-3-4-15(11(6-12)7-18)20-5-1-2-13(8-20)23-16(21)14-9-22-10-19-14/h3-4,6,9-10,13H,1-2,5,8H2/t13-/m1/s1. The van der Waals surface area contributed by atoms with Gasteiger partial charge in [0, 0.05) is 6.54 Å². The van der Waals surface area contributed by atoms with Crippen LogP contribution < -0.4 is 4.90 Å². The molecule has 1 aromatic carbocycles. The summed E-state index contributed by atoms with van der Waals surface area (Å²) < 4.78 is 23.4. The predicted molar refractivity (Wildman–Crippen MR) is 78.3 cm³/mol. The first-order chi connectivity index (χ1) is 11.2. The topological polar surface area (TPSA) is 79.4 Å². The molecule has 0 amide bonds. The predicted octanol–water partition coefficient (Wildman–Crippen LogP) is 2.51. The number of rotatable bonds is 3. The molecule has 0 spiro atoms. The van der Waals surface area contributed by atoms with Crippen molar-refractivity contribution in [1.82, 2.24) is 4.98 Å². The van der Waals surface area contributed by atoms with E-state index in [1.807, 2.05) is 11.0 Å². The van der Waals surface area contributed by atoms with E-state index in [1.54, 1.807) is 6.07 Å². The van der Waals surface area contributed by atoms with Crippen LogP contribution in [0.4, 0.5) is 10.1 Å². The van der Waals surface area contributed by atoms with Gasteiger partial charge in [0.15, 0.2) is 12.1 Å². The van der Waals surface area contributed by atoms with Crippen LogP contribution in [0, 0.1) is 17.1 Å². The van der Waals surface area contributed by atoms with Gasteiger partial charge in [-0.1, -0.05) is 0 Å². The van der Waals surface area contributed by atoms with E-state index in [0.717, 1.165) is 19.4 Å². The summed E-state index contributed by atoms with van der Waals surface area (Å²) in [6.07, 6.45) is 3.62. The molecular weight excluding hydrogens is 301 g/mol. The molecule has 6 nitrogen and oxygen atoms in total. The summed E-state index contributed by atoms with van der Waals surface area (Å²) in [4.78, 5) is 17.6. The number of nitriles is 1. The second kappa shape index (κ2) is 6.48. The Morgan fingerprint density at radius 1 is 1.52 bits per heavy atom. The third-order valence-corrected chi connectivity index (χ3v) is 3.71. The van der Waals surface area contributed by atoms with E-state index >= 15 is 0 Å². The van der Waals surface area contributed by atoms with Crippen molar-refractivity contribution in [2.45, 2.75) is 18.9 Å². The Kier molecular flexibility index (Phi) is 4.24. The number of piperidine rings is 1. The first kappa shape index (κ1) is 15.0. The Hall–Kier alpha value is -2.88. The molecule has 118 valence electrons. The summed E-state index contributed by atoms with van der Waals surface area (Å²) in [7, 11) is 0. The molecule has 0 radical (unpaired) electrons. The normalized spacial score (nSPS) is 17.6. The molecule has 0 unspecified atom stereocenters. The molecule has 1 saturated heterocycles. The van der Waals surface area contributed by atoms with Gasteiger partial charge in [-0.25, -0.2) is 14.2 Å². The van der Waals surface area contributed by atoms with Gasteiger partial charge in [-0.2, -0.15) is 5.26 Å². The third kappa shape index (κ3) is 3.31. The lowest BCUT2D eigenvalue weighted by molar-refractivity contribution is 0.0263. The maximum Gasteiger partial charge on any atom is 0.360 e. The van der Waals surface area contributed by atoms with Gasteiger partial charge in [-0.3, -0.25) is 0 Å². The molecule has 23 heavy (non-hydrogen) atoms. The summed E-state index contributed by atoms with van der Waals surface area (Å²) in [5.41, 5.74) is 1.05. The van der Waals surface area contributed by atoms with Crippen molar-refractivity contribution in [2.24, 2.45) is 0 Å². The average Bonchev–Trinajstić information content (AvgIpc) is 3.09. The number of carbonyl (C=O) groups excluding carboxylic acids is 1. The summed E-state index contributed by atoms with van der Waals surface area (Å²) >= 11 is 0. The Labute approximate surface area is 132 Å². The van der Waals surface area contributed by atoms with Crippen molar-refractivity contribution in [3.63, 3.8) is 0 Å². The Morgan fingerprint density at radius 3 is 3.13 bits per heavy atom. The SMILES string of the molecule is N#Cc1cc(F)ccc1N1CCC[C@@H](OC(=O)c2cocn2)C1. The zero-order valence-electron chi connectivity index (χ0n) is 12.2. The van der Waals surface area contributed by atoms with Gasteiger partial charge in [0.25, 0.3) is 0 Å². The van der Waals surface area contributed by atoms with E-state index in [4.69, 9.17) is 14.4 Å². The van der Waals surface area contributed by atoms with Crippen molar-refractivity contribution < 1.29 is 18.3 Å². The number of oxazole rings is 1. The number of carbonyl (C=O) groups is 1. The number of halogens is 1. The minimum absolute atomic E-state index is 0.126. The molecule has 3 rings (SSSR count). The van der Waals surface area contributed by atoms with E-state index in [2.05, 4.69) is 4.98 Å². The second-order valence-electron chi connectivity index (χ2n) is 5.26. The molecule has 1 aliphatic rings. The quantitative estimate of drug-likeness (QED) is 0.810. The first-order valence-electron chi connectivity index (χ1n) is 7.21. The van der Waals surface area contributed by atoms with Crippen molar-refractivity contribution in [3.8, 4) is 6.07 Å². The lowest BCUT2D eigenvalue weighted by atomic mass is 10.1. The summed E-state index contributed by atoms with van der Waals surface area (Å²) in [6.45, 7) is 1.17. The van der Waals surface area contributed by atoms with Crippen LogP contribution in [0.25, 0.3) is 0 Å². The monoisotopic (exact) mass is 315 g/mol. The lowest BCUT2D eigenvalue weighted by Crippen LogP contribution is -2.41. The molecule has 1 atom stereocenters. The zero-order valence-corrected chi connectivity index (χ0v) is 12.2. The van der Waals surface area contributed by atoms with Crippen LogP contribution in [0.3, 0.4) is 0 Å². The number of nitrogens with zero attached hydrogens (tertiary/aromatic N) is 3. The minimum atomic E-state index is -0.537. The summed E-state index contributed by atoms with van der Waals surface area (Å²) in [5, 5.41) is 9.16. The molecular formula is C16H14FN3O3. The van der Waals surface area contributed by atoms with Crippen LogP contribution in [0.5, 0.6) is 0 Å². The fourth-order valence-corrected chi connectivity index (χ4v) is 2.65. The van der Waals surface area contributed by atoms with E-state index < -0.39 is 11.8 Å². The van der Waals surface area contributed by atoms with E-state index in [-0.39, 0.29) is 17.4 Å². The van der Waals surface area contributed by atoms with Crippen LogP contribution in [0.15, 0.2) is 35.3 Å². The summed E-state index contributed by atoms with van der Waals surface area (Å²) in [6, 6.07) is 6.11. The number of hydrogen-bond acceptors (Lipinski definition) is 6. The van der Waals surface area contributed by atoms with Gasteiger partial charge in [0.05, 0.1) is 17.8 Å². The van der Waals surface area contributed by atoms with Crippen LogP contribution >= 0.6 is 0 Å². The smallest absolute Gasteiger partial charge is 0.360 e. The molecule has 7 heteroatoms. The molecule has 2 aromatic rings. The molecule has 0 aliphatic carbocycles. The highest BCUT2D eigenvalue weighted by atomic mass is 19.1. The van der Waals surface area contributed by atoms with Gasteiger partial charge < -0.3 is 14.1 Å². The first-order valence-corrected chi connectivity index (χ1v) is 7.21. The number of benzene rings is 1. The Morgan fingerprint density at radius 2 is 2.39 bits per heavy atom. The van der Waals surface area contributed by atoms with Crippen LogP contribution in [0.1, 0.15) is 28.9 Å². The van der Waals surface area contributed by atoms with Crippen molar-refractivity contribution >= 4 is 11.7 Å². The number of ether oxygens (including phenoxy) is 1. The van der Waals surface area contributed by atoms with Crippen molar-refractivity contribution in [1.29, 1.82) is 5.26 Å². The van der Waals surface area contributed by atoms with Gasteiger partial charge in [-0.15, -0.1) is 0 Å². The Bertz CT molecular complexity index is 740. The van der Waals surface area contributed by atoms with Gasteiger partial charge >= 0.3 is 5.97 Å². The number of aromatic nitrogens is 1. The number of anilines is 1. The highest BCUT2D eigenvalue weighted by Gasteiger charge is 2.26. The third-order valence-electron chi connectivity index (χ3n) is 3.71. The fourth-order valence-electron chi connectivity index (χ4n) is 2.65. The maximum absolute atomic E-state index is 13.3. The molecule has 2 heterocycles. The molecule has 0 N–H and O–H groups in total. The fraction of sp³-hybridized carbons (Fsp3) is 0.312. The molecule has 1 aromatic heterocycles. The molecule has 1 aliphatic heterocycles. The zero-order chi connectivity index (χ0) is 16.2. The van der Waals surface area contributed by atoms with E-state index in [0.29, 0.717) is 12.2 Å². The second-order valence-corrected chi connectivity index (χ2v) is 5.26. The van der Waals surface area contributed by atoms with E-state index in [9.17, 15) is 9.18 Å². The van der Waals surface area contributed by atoms with Gasteiger partial charge in [0.1, 0.15) is 24.3 Å². The molecule has 0 bridgehead atoms. The average molecular weight is 315 g/mol. The molecule has 1 fully saturated rings. The highest BCUT2D eigenvalue weighted by molar-refractivity contribution is 5.86. The summed E-state index contributed by atoms with van der Waals surface area (Å²) in [5.74, 6) is -0.985. The minimum Gasteiger partial charge on any atom is -0.456 e. The van der Waals surface area contributed by atoms with Crippen molar-refractivity contribution in [2.75, 3.05) is 18.0 Å². The highest BCUT2D eigenvalue weighted by Crippen LogP contribution is 2.25. The Balaban J connectivity index is 1.71. The van der Waals surface area contributed by atoms with Crippen molar-refractivity contribution in [3.05, 3.63) is 47.9 Å². The maximum atomic E-state index is 13.3. The van der Waals surface area contributed by atoms with Gasteiger partial charge in [-0.05, 0) is 31.0 Å². The van der Waals surface area contributed by atoms with Crippen LogP contribution in [-0.2, 0) is 4.74 Å². The van der Waals surface area contributed by atoms with Gasteiger partial charge in [0.2, 0.25) is 0 Å². The lowest BCUT2D eigenvalue weighted by Gasteiger charge is -2.34. The van der Waals surface area contributed by atoms with Crippen LogP contribution in [0.2, 0.25) is 0 Å².